The minimum Gasteiger partial charge on any atom is -0.375 e. The van der Waals surface area contributed by atoms with Crippen LogP contribution in [0, 0.1) is 0 Å². The molecule has 3 aromatic rings. The number of nitrogens with zero attached hydrogens (tertiary/aromatic N) is 1. The zero-order valence-corrected chi connectivity index (χ0v) is 18.2. The van der Waals surface area contributed by atoms with Crippen molar-refractivity contribution in [3.8, 4) is 0 Å². The molecular formula is C22H18Cl3N3O2. The largest absolute Gasteiger partial charge is 0.375 e. The lowest BCUT2D eigenvalue weighted by Gasteiger charge is -2.17. The maximum absolute atomic E-state index is 12.6. The average Bonchev–Trinajstić information content (AvgIpc) is 2.75. The number of benzene rings is 3. The molecule has 0 aliphatic heterocycles. The second-order valence-electron chi connectivity index (χ2n) is 6.42. The highest BCUT2D eigenvalue weighted by molar-refractivity contribution is 6.44. The predicted molar refractivity (Wildman–Crippen MR) is 124 cm³/mol. The molecular weight excluding hydrogens is 445 g/mol. The van der Waals surface area contributed by atoms with E-state index in [4.69, 9.17) is 34.8 Å². The van der Waals surface area contributed by atoms with Gasteiger partial charge >= 0.3 is 0 Å². The summed E-state index contributed by atoms with van der Waals surface area (Å²) < 4.78 is 0. The summed E-state index contributed by atoms with van der Waals surface area (Å²) in [6, 6.07) is 19.1. The van der Waals surface area contributed by atoms with E-state index < -0.39 is 0 Å². The van der Waals surface area contributed by atoms with E-state index in [2.05, 4.69) is 10.6 Å². The molecule has 2 amide bonds. The second kappa shape index (κ2) is 9.85. The molecule has 0 bridgehead atoms. The van der Waals surface area contributed by atoms with Crippen molar-refractivity contribution in [2.24, 2.45) is 0 Å². The van der Waals surface area contributed by atoms with Crippen molar-refractivity contribution in [3.63, 3.8) is 0 Å². The van der Waals surface area contributed by atoms with Gasteiger partial charge in [-0.3, -0.25) is 9.59 Å². The minimum absolute atomic E-state index is 0.0187. The van der Waals surface area contributed by atoms with E-state index in [-0.39, 0.29) is 18.4 Å². The van der Waals surface area contributed by atoms with Crippen molar-refractivity contribution < 1.29 is 9.59 Å². The second-order valence-corrected chi connectivity index (χ2v) is 7.65. The minimum atomic E-state index is -0.280. The van der Waals surface area contributed by atoms with Gasteiger partial charge < -0.3 is 15.5 Å². The van der Waals surface area contributed by atoms with Gasteiger partial charge in [0, 0.05) is 24.0 Å². The maximum atomic E-state index is 12.6. The van der Waals surface area contributed by atoms with Gasteiger partial charge in [-0.05, 0) is 48.5 Å². The highest BCUT2D eigenvalue weighted by Gasteiger charge is 2.13. The van der Waals surface area contributed by atoms with Crippen LogP contribution in [-0.4, -0.2) is 25.4 Å². The van der Waals surface area contributed by atoms with Gasteiger partial charge in [-0.15, -0.1) is 0 Å². The molecule has 0 atom stereocenters. The summed E-state index contributed by atoms with van der Waals surface area (Å²) in [6.45, 7) is -0.0187. The zero-order valence-electron chi connectivity index (χ0n) is 16.0. The highest BCUT2D eigenvalue weighted by Crippen LogP contribution is 2.32. The van der Waals surface area contributed by atoms with Crippen LogP contribution in [0.4, 0.5) is 17.1 Å². The Morgan fingerprint density at radius 3 is 2.17 bits per heavy atom. The van der Waals surface area contributed by atoms with E-state index in [0.29, 0.717) is 32.0 Å². The normalized spacial score (nSPS) is 10.4. The fourth-order valence-electron chi connectivity index (χ4n) is 2.70. The van der Waals surface area contributed by atoms with E-state index in [0.717, 1.165) is 5.69 Å². The first-order valence-electron chi connectivity index (χ1n) is 8.96. The molecule has 154 valence electrons. The number of amides is 2. The fourth-order valence-corrected chi connectivity index (χ4v) is 3.31. The Morgan fingerprint density at radius 2 is 1.50 bits per heavy atom. The molecule has 0 heterocycles. The van der Waals surface area contributed by atoms with Crippen LogP contribution < -0.4 is 15.5 Å². The Bertz CT molecular complexity index is 1060. The summed E-state index contributed by atoms with van der Waals surface area (Å²) in [4.78, 5) is 26.4. The van der Waals surface area contributed by atoms with Gasteiger partial charge in [-0.25, -0.2) is 0 Å². The molecule has 5 nitrogen and oxygen atoms in total. The number of para-hydroxylation sites is 1. The van der Waals surface area contributed by atoms with E-state index in [9.17, 15) is 9.59 Å². The lowest BCUT2D eigenvalue weighted by atomic mass is 10.1. The fraction of sp³-hybridized carbons (Fsp3) is 0.0909. The van der Waals surface area contributed by atoms with Crippen molar-refractivity contribution in [3.05, 3.63) is 87.4 Å². The van der Waals surface area contributed by atoms with E-state index >= 15 is 0 Å². The standard InChI is InChI=1S/C22H18Cl3N3O2/c1-28(16-5-3-2-4-6-16)22(30)14-7-9-15(10-8-14)27-21(29)13-26-20-12-18(24)17(23)11-19(20)25/h2-12,26H,13H2,1H3,(H,27,29). The van der Waals surface area contributed by atoms with Crippen LogP contribution in [0.1, 0.15) is 10.4 Å². The van der Waals surface area contributed by atoms with E-state index in [1.807, 2.05) is 30.3 Å². The summed E-state index contributed by atoms with van der Waals surface area (Å²) in [6.07, 6.45) is 0. The van der Waals surface area contributed by atoms with Gasteiger partial charge in [-0.1, -0.05) is 53.0 Å². The predicted octanol–water partition coefficient (Wildman–Crippen LogP) is 5.97. The average molecular weight is 463 g/mol. The first kappa shape index (κ1) is 22.0. The van der Waals surface area contributed by atoms with Crippen LogP contribution in [-0.2, 0) is 4.79 Å². The number of anilines is 3. The molecule has 0 unspecified atom stereocenters. The Hall–Kier alpha value is -2.73. The van der Waals surface area contributed by atoms with Gasteiger partial charge in [0.25, 0.3) is 5.91 Å². The third-order valence-corrected chi connectivity index (χ3v) is 5.35. The first-order valence-corrected chi connectivity index (χ1v) is 10.1. The maximum Gasteiger partial charge on any atom is 0.258 e. The molecule has 0 radical (unpaired) electrons. The topological polar surface area (TPSA) is 61.4 Å². The molecule has 8 heteroatoms. The molecule has 2 N–H and O–H groups in total. The van der Waals surface area contributed by atoms with Gasteiger partial charge in [-0.2, -0.15) is 0 Å². The van der Waals surface area contributed by atoms with E-state index in [1.165, 1.54) is 6.07 Å². The first-order chi connectivity index (χ1) is 14.3. The SMILES string of the molecule is CN(C(=O)c1ccc(NC(=O)CNc2cc(Cl)c(Cl)cc2Cl)cc1)c1ccccc1. The molecule has 0 aliphatic rings. The Kier molecular flexibility index (Phi) is 7.21. The summed E-state index contributed by atoms with van der Waals surface area (Å²) in [7, 11) is 1.72. The number of nitrogens with one attached hydrogen (secondary N) is 2. The molecule has 3 aromatic carbocycles. The third-order valence-electron chi connectivity index (χ3n) is 4.31. The smallest absolute Gasteiger partial charge is 0.258 e. The third kappa shape index (κ3) is 5.45. The quantitative estimate of drug-likeness (QED) is 0.443. The number of halogens is 3. The summed E-state index contributed by atoms with van der Waals surface area (Å²) in [5.74, 6) is -0.423. The van der Waals surface area contributed by atoms with Crippen molar-refractivity contribution in [2.75, 3.05) is 29.1 Å². The van der Waals surface area contributed by atoms with Gasteiger partial charge in [0.15, 0.2) is 0 Å². The van der Waals surface area contributed by atoms with Gasteiger partial charge in [0.1, 0.15) is 0 Å². The zero-order chi connectivity index (χ0) is 21.7. The Balaban J connectivity index is 1.58. The van der Waals surface area contributed by atoms with Crippen LogP contribution >= 0.6 is 34.8 Å². The van der Waals surface area contributed by atoms with Gasteiger partial charge in [0.2, 0.25) is 5.91 Å². The van der Waals surface area contributed by atoms with Crippen LogP contribution in [0.5, 0.6) is 0 Å². The Labute approximate surface area is 189 Å². The van der Waals surface area contributed by atoms with Crippen molar-refractivity contribution in [1.29, 1.82) is 0 Å². The lowest BCUT2D eigenvalue weighted by molar-refractivity contribution is -0.114. The molecule has 0 fully saturated rings. The molecule has 3 rings (SSSR count). The number of hydrogen-bond acceptors (Lipinski definition) is 3. The molecule has 0 spiro atoms. The van der Waals surface area contributed by atoms with E-state index in [1.54, 1.807) is 42.3 Å². The van der Waals surface area contributed by atoms with Crippen LogP contribution in [0.25, 0.3) is 0 Å². The number of rotatable bonds is 6. The van der Waals surface area contributed by atoms with Crippen LogP contribution in [0.3, 0.4) is 0 Å². The molecule has 0 saturated carbocycles. The highest BCUT2D eigenvalue weighted by atomic mass is 35.5. The Morgan fingerprint density at radius 1 is 0.867 bits per heavy atom. The van der Waals surface area contributed by atoms with Gasteiger partial charge in [0.05, 0.1) is 27.3 Å². The van der Waals surface area contributed by atoms with Crippen molar-refractivity contribution in [2.45, 2.75) is 0 Å². The lowest BCUT2D eigenvalue weighted by Crippen LogP contribution is -2.26. The summed E-state index contributed by atoms with van der Waals surface area (Å²) in [5.41, 5.74) is 2.39. The number of carbonyl (C=O) groups excluding carboxylic acids is 2. The molecule has 0 aromatic heterocycles. The van der Waals surface area contributed by atoms with Crippen LogP contribution in [0.2, 0.25) is 15.1 Å². The summed E-state index contributed by atoms with van der Waals surface area (Å²) >= 11 is 18.0. The summed E-state index contributed by atoms with van der Waals surface area (Å²) in [5, 5.41) is 6.71. The molecule has 0 saturated heterocycles. The van der Waals surface area contributed by atoms with Crippen LogP contribution in [0.15, 0.2) is 66.7 Å². The number of carbonyl (C=O) groups is 2. The number of hydrogen-bond donors (Lipinski definition) is 2. The van der Waals surface area contributed by atoms with Crippen molar-refractivity contribution in [1.82, 2.24) is 0 Å². The van der Waals surface area contributed by atoms with Crippen molar-refractivity contribution >= 4 is 63.7 Å². The molecule has 30 heavy (non-hydrogen) atoms. The molecule has 0 aliphatic carbocycles. The monoisotopic (exact) mass is 461 g/mol.